The van der Waals surface area contributed by atoms with E-state index in [-0.39, 0.29) is 0 Å². The molecule has 0 bridgehead atoms. The van der Waals surface area contributed by atoms with E-state index in [0.29, 0.717) is 17.6 Å². The smallest absolute Gasteiger partial charge is 0.133 e. The number of rotatable bonds is 4. The van der Waals surface area contributed by atoms with Gasteiger partial charge in [0, 0.05) is 5.92 Å². The first kappa shape index (κ1) is 11.7. The molecule has 0 spiro atoms. The molecule has 3 unspecified atom stereocenters. The average Bonchev–Trinajstić information content (AvgIpc) is 2.19. The van der Waals surface area contributed by atoms with Gasteiger partial charge in [-0.05, 0) is 31.6 Å². The van der Waals surface area contributed by atoms with Crippen molar-refractivity contribution in [3.63, 3.8) is 0 Å². The predicted molar refractivity (Wildman–Crippen MR) is 60.2 cm³/mol. The Kier molecular flexibility index (Phi) is 4.64. The minimum absolute atomic E-state index is 0.347. The second-order valence-corrected chi connectivity index (χ2v) is 4.74. The molecule has 1 rings (SSSR count). The Hall–Kier alpha value is -0.330. The summed E-state index contributed by atoms with van der Waals surface area (Å²) < 4.78 is 0. The Balaban J connectivity index is 2.65. The lowest BCUT2D eigenvalue weighted by Crippen LogP contribution is -2.30. The third-order valence-electron chi connectivity index (χ3n) is 3.97. The van der Waals surface area contributed by atoms with Crippen LogP contribution in [0.3, 0.4) is 0 Å². The fourth-order valence-electron chi connectivity index (χ4n) is 3.16. The Morgan fingerprint density at radius 1 is 1.29 bits per heavy atom. The van der Waals surface area contributed by atoms with Crippen LogP contribution in [0.1, 0.15) is 59.3 Å². The number of Topliss-reactive ketones (excluding diaryl/α,β-unsaturated/α-hetero) is 1. The van der Waals surface area contributed by atoms with Gasteiger partial charge in [-0.2, -0.15) is 0 Å². The molecule has 0 saturated heterocycles. The number of carbonyl (C=O) groups excluding carboxylic acids is 1. The van der Waals surface area contributed by atoms with Crippen molar-refractivity contribution in [2.24, 2.45) is 17.8 Å². The van der Waals surface area contributed by atoms with Gasteiger partial charge >= 0.3 is 0 Å². The average molecular weight is 196 g/mol. The highest BCUT2D eigenvalue weighted by Gasteiger charge is 2.31. The van der Waals surface area contributed by atoms with Gasteiger partial charge in [0.25, 0.3) is 0 Å². The van der Waals surface area contributed by atoms with Gasteiger partial charge in [-0.15, -0.1) is 0 Å². The van der Waals surface area contributed by atoms with Gasteiger partial charge in [-0.1, -0.05) is 39.5 Å². The number of ketones is 1. The van der Waals surface area contributed by atoms with Crippen molar-refractivity contribution in [2.45, 2.75) is 59.3 Å². The fraction of sp³-hybridized carbons (Fsp3) is 0.923. The molecule has 0 aromatic carbocycles. The molecule has 0 aliphatic heterocycles. The molecule has 3 atom stereocenters. The van der Waals surface area contributed by atoms with Gasteiger partial charge in [-0.25, -0.2) is 0 Å². The van der Waals surface area contributed by atoms with Crippen molar-refractivity contribution < 1.29 is 4.79 Å². The molecule has 1 heteroatoms. The SMILES string of the molecule is CCC1CCCCC1C(CC)C(C)=O. The lowest BCUT2D eigenvalue weighted by Gasteiger charge is -2.35. The van der Waals surface area contributed by atoms with Crippen LogP contribution in [0.25, 0.3) is 0 Å². The third-order valence-corrected chi connectivity index (χ3v) is 3.97. The van der Waals surface area contributed by atoms with Crippen molar-refractivity contribution in [2.75, 3.05) is 0 Å². The number of carbonyl (C=O) groups is 1. The minimum Gasteiger partial charge on any atom is -0.300 e. The first-order valence-electron chi connectivity index (χ1n) is 6.21. The molecule has 1 fully saturated rings. The minimum atomic E-state index is 0.347. The molecule has 1 aliphatic carbocycles. The molecular formula is C13H24O. The second kappa shape index (κ2) is 5.53. The summed E-state index contributed by atoms with van der Waals surface area (Å²) in [4.78, 5) is 11.5. The van der Waals surface area contributed by atoms with Crippen LogP contribution in [0.15, 0.2) is 0 Å². The first-order chi connectivity index (χ1) is 6.70. The van der Waals surface area contributed by atoms with E-state index in [9.17, 15) is 4.79 Å². The van der Waals surface area contributed by atoms with E-state index in [0.717, 1.165) is 12.3 Å². The van der Waals surface area contributed by atoms with Crippen LogP contribution < -0.4 is 0 Å². The lowest BCUT2D eigenvalue weighted by molar-refractivity contribution is -0.123. The summed E-state index contributed by atoms with van der Waals surface area (Å²) in [5.41, 5.74) is 0. The first-order valence-corrected chi connectivity index (χ1v) is 6.21. The fourth-order valence-corrected chi connectivity index (χ4v) is 3.16. The molecule has 0 heterocycles. The van der Waals surface area contributed by atoms with Crippen molar-refractivity contribution >= 4 is 5.78 Å². The highest BCUT2D eigenvalue weighted by molar-refractivity contribution is 5.78. The van der Waals surface area contributed by atoms with Crippen LogP contribution in [0.5, 0.6) is 0 Å². The van der Waals surface area contributed by atoms with E-state index in [1.807, 2.05) is 0 Å². The zero-order chi connectivity index (χ0) is 10.6. The Morgan fingerprint density at radius 3 is 2.43 bits per heavy atom. The quantitative estimate of drug-likeness (QED) is 0.668. The maximum absolute atomic E-state index is 11.5. The zero-order valence-corrected chi connectivity index (χ0v) is 9.88. The van der Waals surface area contributed by atoms with Crippen LogP contribution >= 0.6 is 0 Å². The second-order valence-electron chi connectivity index (χ2n) is 4.74. The lowest BCUT2D eigenvalue weighted by atomic mass is 9.69. The van der Waals surface area contributed by atoms with E-state index in [1.54, 1.807) is 6.92 Å². The van der Waals surface area contributed by atoms with Gasteiger partial charge in [0.05, 0.1) is 0 Å². The van der Waals surface area contributed by atoms with E-state index in [2.05, 4.69) is 13.8 Å². The summed E-state index contributed by atoms with van der Waals surface area (Å²) >= 11 is 0. The van der Waals surface area contributed by atoms with E-state index < -0.39 is 0 Å². The van der Waals surface area contributed by atoms with Gasteiger partial charge < -0.3 is 0 Å². The van der Waals surface area contributed by atoms with E-state index >= 15 is 0 Å². The molecule has 82 valence electrons. The van der Waals surface area contributed by atoms with Gasteiger partial charge in [0.15, 0.2) is 0 Å². The summed E-state index contributed by atoms with van der Waals surface area (Å²) in [6.07, 6.45) is 7.65. The highest BCUT2D eigenvalue weighted by atomic mass is 16.1. The molecule has 0 radical (unpaired) electrons. The maximum atomic E-state index is 11.5. The van der Waals surface area contributed by atoms with E-state index in [1.165, 1.54) is 32.1 Å². The topological polar surface area (TPSA) is 17.1 Å². The molecule has 0 N–H and O–H groups in total. The van der Waals surface area contributed by atoms with Crippen molar-refractivity contribution in [1.29, 1.82) is 0 Å². The summed E-state index contributed by atoms with van der Waals surface area (Å²) in [5, 5.41) is 0. The Morgan fingerprint density at radius 2 is 1.93 bits per heavy atom. The van der Waals surface area contributed by atoms with Crippen molar-refractivity contribution in [3.8, 4) is 0 Å². The van der Waals surface area contributed by atoms with Gasteiger partial charge in [0.1, 0.15) is 5.78 Å². The number of hydrogen-bond acceptors (Lipinski definition) is 1. The molecule has 1 aliphatic rings. The van der Waals surface area contributed by atoms with Crippen LogP contribution in [-0.2, 0) is 4.79 Å². The number of hydrogen-bond donors (Lipinski definition) is 0. The highest BCUT2D eigenvalue weighted by Crippen LogP contribution is 2.38. The van der Waals surface area contributed by atoms with Crippen molar-refractivity contribution in [1.82, 2.24) is 0 Å². The molecule has 1 nitrogen and oxygen atoms in total. The Bertz CT molecular complexity index is 186. The van der Waals surface area contributed by atoms with Crippen LogP contribution in [0.4, 0.5) is 0 Å². The molecular weight excluding hydrogens is 172 g/mol. The predicted octanol–water partition coefficient (Wildman–Crippen LogP) is 3.82. The monoisotopic (exact) mass is 196 g/mol. The summed E-state index contributed by atoms with van der Waals surface area (Å²) in [6.45, 7) is 6.21. The van der Waals surface area contributed by atoms with Crippen LogP contribution in [-0.4, -0.2) is 5.78 Å². The zero-order valence-electron chi connectivity index (χ0n) is 9.88. The maximum Gasteiger partial charge on any atom is 0.133 e. The largest absolute Gasteiger partial charge is 0.300 e. The summed E-state index contributed by atoms with van der Waals surface area (Å²) in [7, 11) is 0. The van der Waals surface area contributed by atoms with Gasteiger partial charge in [0.2, 0.25) is 0 Å². The molecule has 0 aromatic heterocycles. The molecule has 0 amide bonds. The Labute approximate surface area is 88.3 Å². The van der Waals surface area contributed by atoms with Gasteiger partial charge in [-0.3, -0.25) is 4.79 Å². The van der Waals surface area contributed by atoms with Crippen molar-refractivity contribution in [3.05, 3.63) is 0 Å². The standard InChI is InChI=1S/C13H24O/c1-4-11-8-6-7-9-13(11)12(5-2)10(3)14/h11-13H,4-9H2,1-3H3. The summed E-state index contributed by atoms with van der Waals surface area (Å²) in [6, 6.07) is 0. The molecule has 0 aromatic rings. The molecule has 1 saturated carbocycles. The van der Waals surface area contributed by atoms with Crippen LogP contribution in [0.2, 0.25) is 0 Å². The third kappa shape index (κ3) is 2.59. The normalized spacial score (nSPS) is 29.9. The molecule has 14 heavy (non-hydrogen) atoms. The van der Waals surface area contributed by atoms with Crippen LogP contribution in [0, 0.1) is 17.8 Å². The summed E-state index contributed by atoms with van der Waals surface area (Å²) in [5.74, 6) is 2.27. The van der Waals surface area contributed by atoms with E-state index in [4.69, 9.17) is 0 Å².